The molecule has 0 saturated carbocycles. The highest BCUT2D eigenvalue weighted by molar-refractivity contribution is 9.10. The molecule has 0 aromatic heterocycles. The maximum absolute atomic E-state index is 11.4. The summed E-state index contributed by atoms with van der Waals surface area (Å²) < 4.78 is 10.7. The number of rotatable bonds is 6. The maximum atomic E-state index is 11.4. The van der Waals surface area contributed by atoms with Crippen molar-refractivity contribution in [3.8, 4) is 5.75 Å². The van der Waals surface area contributed by atoms with Crippen molar-refractivity contribution in [1.82, 2.24) is 0 Å². The molecule has 18 heavy (non-hydrogen) atoms. The highest BCUT2D eigenvalue weighted by atomic mass is 79.9. The zero-order valence-electron chi connectivity index (χ0n) is 9.74. The number of hydrogen-bond acceptors (Lipinski definition) is 4. The topological polar surface area (TPSA) is 52.6 Å². The van der Waals surface area contributed by atoms with Crippen molar-refractivity contribution >= 4 is 39.3 Å². The van der Waals surface area contributed by atoms with E-state index in [-0.39, 0.29) is 25.4 Å². The Hall–Kier alpha value is -1.07. The Morgan fingerprint density at radius 1 is 1.39 bits per heavy atom. The van der Waals surface area contributed by atoms with Crippen LogP contribution in [0.4, 0.5) is 0 Å². The standard InChI is InChI=1S/C12H12BrClO4/c1-2-17-12(16)6-9(15)7-18-11-4-3-8(13)5-10(11)14/h3-5H,2,6-7H2,1H3. The van der Waals surface area contributed by atoms with Gasteiger partial charge in [0.2, 0.25) is 0 Å². The van der Waals surface area contributed by atoms with Gasteiger partial charge in [-0.1, -0.05) is 27.5 Å². The van der Waals surface area contributed by atoms with Crippen LogP contribution in [0.3, 0.4) is 0 Å². The normalized spacial score (nSPS) is 9.94. The summed E-state index contributed by atoms with van der Waals surface area (Å²) in [6.07, 6.45) is -0.290. The summed E-state index contributed by atoms with van der Waals surface area (Å²) in [5.41, 5.74) is 0. The Morgan fingerprint density at radius 3 is 2.72 bits per heavy atom. The number of ketones is 1. The molecule has 1 aromatic rings. The summed E-state index contributed by atoms with van der Waals surface area (Å²) in [5, 5.41) is 0.397. The largest absolute Gasteiger partial charge is 0.484 e. The molecule has 0 spiro atoms. The van der Waals surface area contributed by atoms with Gasteiger partial charge in [0.15, 0.2) is 5.78 Å². The van der Waals surface area contributed by atoms with Crippen LogP contribution in [0.1, 0.15) is 13.3 Å². The highest BCUT2D eigenvalue weighted by Crippen LogP contribution is 2.27. The van der Waals surface area contributed by atoms with Crippen LogP contribution in [0.2, 0.25) is 5.02 Å². The first kappa shape index (κ1) is 15.0. The van der Waals surface area contributed by atoms with Crippen molar-refractivity contribution in [3.63, 3.8) is 0 Å². The molecule has 98 valence electrons. The van der Waals surface area contributed by atoms with Crippen molar-refractivity contribution in [2.75, 3.05) is 13.2 Å². The van der Waals surface area contributed by atoms with Crippen LogP contribution in [0.25, 0.3) is 0 Å². The summed E-state index contributed by atoms with van der Waals surface area (Å²) >= 11 is 9.17. The first-order valence-electron chi connectivity index (χ1n) is 5.28. The van der Waals surface area contributed by atoms with Gasteiger partial charge in [-0.15, -0.1) is 0 Å². The lowest BCUT2D eigenvalue weighted by atomic mass is 10.3. The number of hydrogen-bond donors (Lipinski definition) is 0. The zero-order valence-corrected chi connectivity index (χ0v) is 12.1. The lowest BCUT2D eigenvalue weighted by Crippen LogP contribution is -2.17. The molecule has 0 aliphatic heterocycles. The molecule has 0 saturated heterocycles. The van der Waals surface area contributed by atoms with E-state index in [2.05, 4.69) is 20.7 Å². The van der Waals surface area contributed by atoms with Crippen LogP contribution < -0.4 is 4.74 Å². The van der Waals surface area contributed by atoms with E-state index in [0.29, 0.717) is 10.8 Å². The van der Waals surface area contributed by atoms with Crippen LogP contribution in [0.5, 0.6) is 5.75 Å². The molecular weight excluding hydrogens is 323 g/mol. The summed E-state index contributed by atoms with van der Waals surface area (Å²) in [7, 11) is 0. The summed E-state index contributed by atoms with van der Waals surface area (Å²) in [6, 6.07) is 5.05. The van der Waals surface area contributed by atoms with E-state index in [1.165, 1.54) is 0 Å². The third kappa shape index (κ3) is 5.06. The van der Waals surface area contributed by atoms with Gasteiger partial charge >= 0.3 is 5.97 Å². The zero-order chi connectivity index (χ0) is 13.5. The van der Waals surface area contributed by atoms with Gasteiger partial charge in [0.1, 0.15) is 18.8 Å². The van der Waals surface area contributed by atoms with E-state index in [1.807, 2.05) is 0 Å². The third-order valence-corrected chi connectivity index (χ3v) is 2.72. The Morgan fingerprint density at radius 2 is 2.11 bits per heavy atom. The molecule has 0 fully saturated rings. The molecule has 0 radical (unpaired) electrons. The van der Waals surface area contributed by atoms with Crippen LogP contribution in [0, 0.1) is 0 Å². The summed E-state index contributed by atoms with van der Waals surface area (Å²) in [5.74, 6) is -0.502. The second-order valence-electron chi connectivity index (χ2n) is 3.38. The second-order valence-corrected chi connectivity index (χ2v) is 4.71. The number of Topliss-reactive ketones (excluding diaryl/α,β-unsaturated/α-hetero) is 1. The van der Waals surface area contributed by atoms with Crippen molar-refractivity contribution in [2.24, 2.45) is 0 Å². The summed E-state index contributed by atoms with van der Waals surface area (Å²) in [4.78, 5) is 22.4. The molecule has 0 atom stereocenters. The van der Waals surface area contributed by atoms with Crippen LogP contribution in [-0.4, -0.2) is 25.0 Å². The number of ether oxygens (including phenoxy) is 2. The number of halogens is 2. The molecule has 0 heterocycles. The predicted octanol–water partition coefficient (Wildman–Crippen LogP) is 3.00. The van der Waals surface area contributed by atoms with Crippen LogP contribution in [0.15, 0.2) is 22.7 Å². The van der Waals surface area contributed by atoms with E-state index in [1.54, 1.807) is 25.1 Å². The number of esters is 1. The average Bonchev–Trinajstić information content (AvgIpc) is 2.28. The molecule has 0 N–H and O–H groups in total. The quantitative estimate of drug-likeness (QED) is 0.592. The van der Waals surface area contributed by atoms with Gasteiger partial charge in [-0.2, -0.15) is 0 Å². The van der Waals surface area contributed by atoms with Gasteiger partial charge in [0, 0.05) is 4.47 Å². The van der Waals surface area contributed by atoms with Gasteiger partial charge < -0.3 is 9.47 Å². The predicted molar refractivity (Wildman–Crippen MR) is 70.9 cm³/mol. The van der Waals surface area contributed by atoms with E-state index in [9.17, 15) is 9.59 Å². The SMILES string of the molecule is CCOC(=O)CC(=O)COc1ccc(Br)cc1Cl. The fourth-order valence-electron chi connectivity index (χ4n) is 1.17. The van der Waals surface area contributed by atoms with Gasteiger partial charge in [-0.25, -0.2) is 0 Å². The van der Waals surface area contributed by atoms with Gasteiger partial charge in [0.25, 0.3) is 0 Å². The number of carbonyl (C=O) groups excluding carboxylic acids is 2. The second kappa shape index (κ2) is 7.38. The first-order chi connectivity index (χ1) is 8.52. The van der Waals surface area contributed by atoms with Gasteiger partial charge in [-0.05, 0) is 25.1 Å². The van der Waals surface area contributed by atoms with E-state index in [4.69, 9.17) is 16.3 Å². The Balaban J connectivity index is 2.45. The fourth-order valence-corrected chi connectivity index (χ4v) is 1.90. The first-order valence-corrected chi connectivity index (χ1v) is 6.45. The smallest absolute Gasteiger partial charge is 0.313 e. The molecule has 0 aliphatic rings. The molecule has 0 bridgehead atoms. The highest BCUT2D eigenvalue weighted by Gasteiger charge is 2.12. The monoisotopic (exact) mass is 334 g/mol. The third-order valence-electron chi connectivity index (χ3n) is 1.93. The molecule has 1 aromatic carbocycles. The fraction of sp³-hybridized carbons (Fsp3) is 0.333. The van der Waals surface area contributed by atoms with Crippen molar-refractivity contribution in [3.05, 3.63) is 27.7 Å². The molecular formula is C12H12BrClO4. The number of benzene rings is 1. The minimum absolute atomic E-state index is 0.208. The Labute approximate surface area is 118 Å². The van der Waals surface area contributed by atoms with Crippen molar-refractivity contribution < 1.29 is 19.1 Å². The Kier molecular flexibility index (Phi) is 6.15. The van der Waals surface area contributed by atoms with E-state index in [0.717, 1.165) is 4.47 Å². The average molecular weight is 336 g/mol. The van der Waals surface area contributed by atoms with E-state index < -0.39 is 5.97 Å². The van der Waals surface area contributed by atoms with Crippen LogP contribution in [-0.2, 0) is 14.3 Å². The molecule has 1 rings (SSSR count). The van der Waals surface area contributed by atoms with Crippen molar-refractivity contribution in [2.45, 2.75) is 13.3 Å². The molecule has 4 nitrogen and oxygen atoms in total. The Bertz CT molecular complexity index is 448. The molecule has 6 heteroatoms. The lowest BCUT2D eigenvalue weighted by molar-refractivity contribution is -0.145. The lowest BCUT2D eigenvalue weighted by Gasteiger charge is -2.07. The molecule has 0 unspecified atom stereocenters. The van der Waals surface area contributed by atoms with E-state index >= 15 is 0 Å². The van der Waals surface area contributed by atoms with Crippen LogP contribution >= 0.6 is 27.5 Å². The summed E-state index contributed by atoms with van der Waals surface area (Å²) in [6.45, 7) is 1.73. The van der Waals surface area contributed by atoms with Gasteiger partial charge in [-0.3, -0.25) is 9.59 Å². The van der Waals surface area contributed by atoms with Crippen molar-refractivity contribution in [1.29, 1.82) is 0 Å². The van der Waals surface area contributed by atoms with Gasteiger partial charge in [0.05, 0.1) is 11.6 Å². The molecule has 0 amide bonds. The minimum Gasteiger partial charge on any atom is -0.484 e. The molecule has 0 aliphatic carbocycles. The number of carbonyl (C=O) groups is 2. The maximum Gasteiger partial charge on any atom is 0.313 e. The minimum atomic E-state index is -0.548.